The zero-order chi connectivity index (χ0) is 27.6. The van der Waals surface area contributed by atoms with Crippen LogP contribution in [0.4, 0.5) is 5.69 Å². The van der Waals surface area contributed by atoms with Crippen molar-refractivity contribution in [2.45, 2.75) is 30.3 Å². The Morgan fingerprint density at radius 1 is 1.29 bits per heavy atom. The van der Waals surface area contributed by atoms with Gasteiger partial charge in [0.2, 0.25) is 15.9 Å². The normalized spacial score (nSPS) is 17.0. The minimum atomic E-state index is -3.91. The van der Waals surface area contributed by atoms with E-state index in [1.807, 2.05) is 4.90 Å². The summed E-state index contributed by atoms with van der Waals surface area (Å²) in [5.74, 6) is -0.688. The molecule has 2 aromatic carbocycles. The third-order valence-electron chi connectivity index (χ3n) is 6.39. The van der Waals surface area contributed by atoms with Crippen LogP contribution in [0.15, 0.2) is 53.4 Å². The first-order valence-corrected chi connectivity index (χ1v) is 13.4. The smallest absolute Gasteiger partial charge is 0.269 e. The van der Waals surface area contributed by atoms with Gasteiger partial charge in [0.15, 0.2) is 5.75 Å². The Balaban J connectivity index is 1.89. The number of pyridine rings is 1. The van der Waals surface area contributed by atoms with E-state index < -0.39 is 32.9 Å². The fourth-order valence-corrected chi connectivity index (χ4v) is 5.49. The van der Waals surface area contributed by atoms with Gasteiger partial charge in [0.1, 0.15) is 4.90 Å². The number of sulfonamides is 1. The average Bonchev–Trinajstić information content (AvgIpc) is 3.29. The zero-order valence-electron chi connectivity index (χ0n) is 21.2. The van der Waals surface area contributed by atoms with Crippen molar-refractivity contribution < 1.29 is 28.1 Å². The lowest BCUT2D eigenvalue weighted by atomic mass is 9.93. The second-order valence-corrected chi connectivity index (χ2v) is 11.5. The fourth-order valence-electron chi connectivity index (χ4n) is 4.46. The maximum absolute atomic E-state index is 13.2. The number of nitrogens with zero attached hydrogens (tertiary/aromatic N) is 4. The molecule has 1 saturated heterocycles. The van der Waals surface area contributed by atoms with Crippen LogP contribution in [0, 0.1) is 10.1 Å². The van der Waals surface area contributed by atoms with E-state index in [2.05, 4.69) is 5.48 Å². The van der Waals surface area contributed by atoms with Crippen molar-refractivity contribution in [1.82, 2.24) is 19.7 Å². The molecule has 12 nitrogen and oxygen atoms in total. The molecule has 0 saturated carbocycles. The number of amides is 1. The molecule has 1 aromatic heterocycles. The molecule has 2 heterocycles. The van der Waals surface area contributed by atoms with Gasteiger partial charge >= 0.3 is 0 Å². The Morgan fingerprint density at radius 2 is 2.05 bits per heavy atom. The second kappa shape index (κ2) is 11.0. The van der Waals surface area contributed by atoms with Crippen LogP contribution in [-0.2, 0) is 14.8 Å². The van der Waals surface area contributed by atoms with Gasteiger partial charge in [-0.25, -0.2) is 12.7 Å². The van der Waals surface area contributed by atoms with Gasteiger partial charge in [-0.1, -0.05) is 12.1 Å². The maximum atomic E-state index is 13.2. The first-order chi connectivity index (χ1) is 18.0. The molecule has 0 bridgehead atoms. The van der Waals surface area contributed by atoms with E-state index in [4.69, 9.17) is 9.82 Å². The summed E-state index contributed by atoms with van der Waals surface area (Å²) in [6.45, 7) is 2.79. The summed E-state index contributed by atoms with van der Waals surface area (Å²) in [6, 6.07) is 12.4. The fraction of sp³-hybridized carbons (Fsp3) is 0.360. The molecule has 1 aliphatic rings. The van der Waals surface area contributed by atoms with E-state index >= 15 is 0 Å². The summed E-state index contributed by atoms with van der Waals surface area (Å²) in [5.41, 5.74) is 3.44. The number of hydroxylamine groups is 1. The Hall–Kier alpha value is -3.65. The van der Waals surface area contributed by atoms with E-state index in [0.29, 0.717) is 42.7 Å². The lowest BCUT2D eigenvalue weighted by molar-refractivity contribution is -0.384. The number of aliphatic hydroxyl groups is 1. The van der Waals surface area contributed by atoms with Crippen LogP contribution in [0.1, 0.15) is 30.5 Å². The van der Waals surface area contributed by atoms with Crippen LogP contribution in [0.5, 0.6) is 5.75 Å². The molecule has 1 aliphatic heterocycles. The molecule has 0 spiro atoms. The van der Waals surface area contributed by atoms with Gasteiger partial charge in [0.05, 0.1) is 16.5 Å². The molecule has 13 heteroatoms. The summed E-state index contributed by atoms with van der Waals surface area (Å²) in [4.78, 5) is 34.6. The average molecular weight is 544 g/mol. The molecule has 1 fully saturated rings. The number of fused-ring (bicyclic) bond motifs is 1. The number of carbonyl (C=O) groups is 1. The largest absolute Gasteiger partial charge is 0.392 e. The molecule has 2 N–H and O–H groups in total. The minimum Gasteiger partial charge on any atom is -0.392 e. The highest BCUT2D eigenvalue weighted by molar-refractivity contribution is 7.89. The van der Waals surface area contributed by atoms with Gasteiger partial charge in [0.25, 0.3) is 5.69 Å². The summed E-state index contributed by atoms with van der Waals surface area (Å²) >= 11 is 0. The highest BCUT2D eigenvalue weighted by Gasteiger charge is 2.28. The monoisotopic (exact) mass is 543 g/mol. The van der Waals surface area contributed by atoms with E-state index in [9.17, 15) is 28.4 Å². The number of hydrogen-bond donors (Lipinski definition) is 2. The van der Waals surface area contributed by atoms with Crippen LogP contribution in [0.3, 0.4) is 0 Å². The standard InChI is InChI=1S/C25H29N5O7S/c1-16(31)27-37-23-9-10-24(38(35,36)28(2)3)25-20(23)7-8-22(26-25)21(15-29-12-11-19(32)14-29)17-5-4-6-18(13-17)30(33)34/h4-10,13,19,21,32H,11-12,14-15H2,1-3H3,(H,27,31)/t19-,21+/m0/s1. The number of non-ortho nitro benzene ring substituents is 1. The number of aliphatic hydroxyl groups excluding tert-OH is 1. The third kappa shape index (κ3) is 5.75. The Labute approximate surface area is 220 Å². The van der Waals surface area contributed by atoms with Crippen LogP contribution < -0.4 is 10.3 Å². The summed E-state index contributed by atoms with van der Waals surface area (Å²) < 4.78 is 27.4. The predicted molar refractivity (Wildman–Crippen MR) is 139 cm³/mol. The molecular weight excluding hydrogens is 514 g/mol. The van der Waals surface area contributed by atoms with Crippen molar-refractivity contribution in [2.24, 2.45) is 0 Å². The number of nitrogens with one attached hydrogen (secondary N) is 1. The summed E-state index contributed by atoms with van der Waals surface area (Å²) in [6.07, 6.45) is 0.151. The Morgan fingerprint density at radius 3 is 2.68 bits per heavy atom. The number of nitro benzene ring substituents is 1. The first kappa shape index (κ1) is 27.4. The predicted octanol–water partition coefficient (Wildman–Crippen LogP) is 2.02. The number of aromatic nitrogens is 1. The Bertz CT molecular complexity index is 1480. The molecule has 202 valence electrons. The highest BCUT2D eigenvalue weighted by Crippen LogP contribution is 2.35. The molecule has 1 amide bonds. The number of nitro groups is 1. The maximum Gasteiger partial charge on any atom is 0.269 e. The van der Waals surface area contributed by atoms with Crippen LogP contribution >= 0.6 is 0 Å². The van der Waals surface area contributed by atoms with Gasteiger partial charge in [-0.3, -0.25) is 24.8 Å². The third-order valence-corrected chi connectivity index (χ3v) is 8.24. The molecule has 3 aromatic rings. The van der Waals surface area contributed by atoms with Gasteiger partial charge in [-0.05, 0) is 36.2 Å². The van der Waals surface area contributed by atoms with Gasteiger partial charge in [-0.2, -0.15) is 5.48 Å². The van der Waals surface area contributed by atoms with E-state index in [0.717, 1.165) is 4.31 Å². The van der Waals surface area contributed by atoms with Crippen molar-refractivity contribution >= 4 is 32.5 Å². The number of β-amino-alcohol motifs (C(OH)–C–C–N with tert-alkyl or cyclic N) is 1. The van der Waals surface area contributed by atoms with Crippen molar-refractivity contribution in [3.05, 3.63) is 69.9 Å². The number of hydrogen-bond acceptors (Lipinski definition) is 9. The lowest BCUT2D eigenvalue weighted by Gasteiger charge is -2.24. The van der Waals surface area contributed by atoms with Crippen LogP contribution in [0.25, 0.3) is 10.9 Å². The molecular formula is C25H29N5O7S. The van der Waals surface area contributed by atoms with Crippen molar-refractivity contribution in [2.75, 3.05) is 33.7 Å². The zero-order valence-corrected chi connectivity index (χ0v) is 22.0. The van der Waals surface area contributed by atoms with Crippen LogP contribution in [0.2, 0.25) is 0 Å². The SMILES string of the molecule is CC(=O)NOc1ccc(S(=O)(=O)N(C)C)c2nc([C@H](CN3CC[C@H](O)C3)c3cccc([N+](=O)[O-])c3)ccc12. The molecule has 0 unspecified atom stereocenters. The van der Waals surface area contributed by atoms with Crippen molar-refractivity contribution in [1.29, 1.82) is 0 Å². The number of likely N-dealkylation sites (tertiary alicyclic amines) is 1. The number of benzene rings is 2. The minimum absolute atomic E-state index is 0.0519. The van der Waals surface area contributed by atoms with Gasteiger partial charge < -0.3 is 9.94 Å². The number of rotatable bonds is 9. The summed E-state index contributed by atoms with van der Waals surface area (Å²) in [7, 11) is -1.08. The summed E-state index contributed by atoms with van der Waals surface area (Å²) in [5, 5.41) is 21.9. The molecule has 4 rings (SSSR count). The second-order valence-electron chi connectivity index (χ2n) is 9.35. The molecule has 0 aliphatic carbocycles. The number of carbonyl (C=O) groups excluding carboxylic acids is 1. The van der Waals surface area contributed by atoms with Crippen LogP contribution in [-0.4, -0.2) is 78.4 Å². The van der Waals surface area contributed by atoms with Crippen molar-refractivity contribution in [3.8, 4) is 5.75 Å². The van der Waals surface area contributed by atoms with Gasteiger partial charge in [0, 0.05) is 69.8 Å². The molecule has 2 atom stereocenters. The van der Waals surface area contributed by atoms with E-state index in [-0.39, 0.29) is 21.8 Å². The van der Waals surface area contributed by atoms with E-state index in [1.165, 1.54) is 45.3 Å². The van der Waals surface area contributed by atoms with E-state index in [1.54, 1.807) is 24.3 Å². The highest BCUT2D eigenvalue weighted by atomic mass is 32.2. The lowest BCUT2D eigenvalue weighted by Crippen LogP contribution is -2.28. The topological polar surface area (TPSA) is 155 Å². The molecule has 0 radical (unpaired) electrons. The molecule has 38 heavy (non-hydrogen) atoms. The first-order valence-electron chi connectivity index (χ1n) is 11.9. The van der Waals surface area contributed by atoms with Gasteiger partial charge in [-0.15, -0.1) is 0 Å². The quantitative estimate of drug-likeness (QED) is 0.305. The van der Waals surface area contributed by atoms with Crippen molar-refractivity contribution in [3.63, 3.8) is 0 Å². The Kier molecular flexibility index (Phi) is 7.92.